The molecule has 2 rings (SSSR count). The Kier molecular flexibility index (Phi) is 4.51. The molecule has 1 aliphatic carbocycles. The summed E-state index contributed by atoms with van der Waals surface area (Å²) in [6, 6.07) is 9.02. The molecule has 0 amide bonds. The molecule has 1 aromatic rings. The van der Waals surface area contributed by atoms with Gasteiger partial charge in [0.25, 0.3) is 0 Å². The number of ether oxygens (including phenoxy) is 1. The third kappa shape index (κ3) is 3.69. The largest absolute Gasteiger partial charge is 0.462 e. The number of Topliss-reactive ketones (excluding diaryl/α,β-unsaturated/α-hetero) is 1. The number of rotatable bonds is 6. The van der Waals surface area contributed by atoms with Crippen LogP contribution in [-0.2, 0) is 9.53 Å². The highest BCUT2D eigenvalue weighted by Crippen LogP contribution is 2.27. The smallest absolute Gasteiger partial charge is 0.338 e. The molecular formula is C15H18O3. The summed E-state index contributed by atoms with van der Waals surface area (Å²) in [5.41, 5.74) is 0.599. The van der Waals surface area contributed by atoms with Crippen molar-refractivity contribution < 1.29 is 14.3 Å². The lowest BCUT2D eigenvalue weighted by atomic mass is 9.81. The molecule has 0 radical (unpaired) electrons. The summed E-state index contributed by atoms with van der Waals surface area (Å²) < 4.78 is 5.18. The number of unbranched alkanes of at least 4 members (excludes halogenated alkanes) is 1. The number of carbonyl (C=O) groups is 2. The number of carbonyl (C=O) groups excluding carboxylic acids is 2. The molecule has 96 valence electrons. The minimum atomic E-state index is -0.255. The van der Waals surface area contributed by atoms with Crippen molar-refractivity contribution >= 4 is 11.8 Å². The van der Waals surface area contributed by atoms with E-state index in [0.29, 0.717) is 23.9 Å². The second-order valence-electron chi connectivity index (χ2n) is 4.81. The molecule has 18 heavy (non-hydrogen) atoms. The first kappa shape index (κ1) is 12.8. The van der Waals surface area contributed by atoms with Crippen LogP contribution in [0, 0.1) is 5.92 Å². The van der Waals surface area contributed by atoms with Crippen LogP contribution in [0.15, 0.2) is 30.3 Å². The van der Waals surface area contributed by atoms with E-state index in [9.17, 15) is 9.59 Å². The van der Waals surface area contributed by atoms with Gasteiger partial charge in [0.05, 0.1) is 12.2 Å². The van der Waals surface area contributed by atoms with Gasteiger partial charge in [0.2, 0.25) is 0 Å². The van der Waals surface area contributed by atoms with E-state index in [1.165, 1.54) is 0 Å². The zero-order valence-corrected chi connectivity index (χ0v) is 10.4. The minimum Gasteiger partial charge on any atom is -0.462 e. The molecule has 0 atom stereocenters. The summed E-state index contributed by atoms with van der Waals surface area (Å²) >= 11 is 0. The third-order valence-electron chi connectivity index (χ3n) is 3.28. The highest BCUT2D eigenvalue weighted by molar-refractivity contribution is 5.89. The molecule has 1 saturated carbocycles. The Morgan fingerprint density at radius 1 is 1.17 bits per heavy atom. The predicted octanol–water partition coefficient (Wildman–Crippen LogP) is 2.99. The summed E-state index contributed by atoms with van der Waals surface area (Å²) in [4.78, 5) is 22.4. The first-order chi connectivity index (χ1) is 8.75. The van der Waals surface area contributed by atoms with Gasteiger partial charge in [0.15, 0.2) is 0 Å². The molecule has 0 unspecified atom stereocenters. The van der Waals surface area contributed by atoms with Crippen molar-refractivity contribution in [2.24, 2.45) is 5.92 Å². The van der Waals surface area contributed by atoms with E-state index in [1.54, 1.807) is 12.1 Å². The molecule has 3 heteroatoms. The lowest BCUT2D eigenvalue weighted by molar-refractivity contribution is -0.127. The molecule has 0 aliphatic heterocycles. The lowest BCUT2D eigenvalue weighted by Gasteiger charge is -2.23. The predicted molar refractivity (Wildman–Crippen MR) is 68.3 cm³/mol. The Morgan fingerprint density at radius 2 is 1.89 bits per heavy atom. The quantitative estimate of drug-likeness (QED) is 0.572. The van der Waals surface area contributed by atoms with Crippen molar-refractivity contribution in [3.8, 4) is 0 Å². The molecule has 3 nitrogen and oxygen atoms in total. The maximum absolute atomic E-state index is 11.6. The van der Waals surface area contributed by atoms with Gasteiger partial charge in [-0.15, -0.1) is 0 Å². The summed E-state index contributed by atoms with van der Waals surface area (Å²) in [6.45, 7) is 0.467. The van der Waals surface area contributed by atoms with Crippen molar-refractivity contribution in [1.29, 1.82) is 0 Å². The first-order valence-electron chi connectivity index (χ1n) is 6.49. The number of ketones is 1. The maximum Gasteiger partial charge on any atom is 0.338 e. The summed E-state index contributed by atoms with van der Waals surface area (Å²) in [7, 11) is 0. The van der Waals surface area contributed by atoms with Crippen molar-refractivity contribution in [1.82, 2.24) is 0 Å². The standard InChI is InChI=1S/C15H18O3/c16-14-10-12(11-14)6-4-5-9-18-15(17)13-7-2-1-3-8-13/h1-3,7-8,12H,4-6,9-11H2. The topological polar surface area (TPSA) is 43.4 Å². The van der Waals surface area contributed by atoms with Crippen LogP contribution in [0.25, 0.3) is 0 Å². The Balaban J connectivity index is 1.55. The van der Waals surface area contributed by atoms with Crippen LogP contribution in [0.5, 0.6) is 0 Å². The summed E-state index contributed by atoms with van der Waals surface area (Å²) in [6.07, 6.45) is 4.49. The fraction of sp³-hybridized carbons (Fsp3) is 0.467. The van der Waals surface area contributed by atoms with Crippen molar-refractivity contribution in [3.05, 3.63) is 35.9 Å². The van der Waals surface area contributed by atoms with Crippen LogP contribution in [-0.4, -0.2) is 18.4 Å². The Bertz CT molecular complexity index is 403. The van der Waals surface area contributed by atoms with Crippen LogP contribution in [0.1, 0.15) is 42.5 Å². The summed E-state index contributed by atoms with van der Waals surface area (Å²) in [5, 5.41) is 0. The van der Waals surface area contributed by atoms with Gasteiger partial charge in [-0.3, -0.25) is 4.79 Å². The number of benzene rings is 1. The van der Waals surface area contributed by atoms with Crippen LogP contribution in [0.2, 0.25) is 0 Å². The maximum atomic E-state index is 11.6. The summed E-state index contributed by atoms with van der Waals surface area (Å²) in [5.74, 6) is 0.715. The highest BCUT2D eigenvalue weighted by atomic mass is 16.5. The Labute approximate surface area is 107 Å². The Hall–Kier alpha value is -1.64. The van der Waals surface area contributed by atoms with E-state index < -0.39 is 0 Å². The molecule has 1 aliphatic rings. The molecule has 1 fully saturated rings. The molecule has 0 aromatic heterocycles. The van der Waals surface area contributed by atoms with Crippen LogP contribution >= 0.6 is 0 Å². The van der Waals surface area contributed by atoms with E-state index in [0.717, 1.165) is 32.1 Å². The second-order valence-corrected chi connectivity index (χ2v) is 4.81. The van der Waals surface area contributed by atoms with Crippen molar-refractivity contribution in [2.75, 3.05) is 6.61 Å². The SMILES string of the molecule is O=C1CC(CCCCOC(=O)c2ccccc2)C1. The van der Waals surface area contributed by atoms with Crippen molar-refractivity contribution in [2.45, 2.75) is 32.1 Å². The zero-order chi connectivity index (χ0) is 12.8. The lowest BCUT2D eigenvalue weighted by Crippen LogP contribution is -2.22. The minimum absolute atomic E-state index is 0.255. The average molecular weight is 246 g/mol. The molecule has 0 heterocycles. The number of hydrogen-bond acceptors (Lipinski definition) is 3. The van der Waals surface area contributed by atoms with Crippen LogP contribution in [0.4, 0.5) is 0 Å². The Morgan fingerprint density at radius 3 is 2.56 bits per heavy atom. The van der Waals surface area contributed by atoms with Gasteiger partial charge in [0, 0.05) is 12.8 Å². The van der Waals surface area contributed by atoms with Gasteiger partial charge in [-0.25, -0.2) is 4.79 Å². The van der Waals surface area contributed by atoms with E-state index in [4.69, 9.17) is 4.74 Å². The van der Waals surface area contributed by atoms with Gasteiger partial charge in [-0.05, 0) is 37.3 Å². The monoisotopic (exact) mass is 246 g/mol. The third-order valence-corrected chi connectivity index (χ3v) is 3.28. The molecule has 0 N–H and O–H groups in total. The first-order valence-corrected chi connectivity index (χ1v) is 6.49. The van der Waals surface area contributed by atoms with Gasteiger partial charge in [0.1, 0.15) is 5.78 Å². The van der Waals surface area contributed by atoms with E-state index in [2.05, 4.69) is 0 Å². The molecular weight excluding hydrogens is 228 g/mol. The van der Waals surface area contributed by atoms with E-state index >= 15 is 0 Å². The van der Waals surface area contributed by atoms with Gasteiger partial charge < -0.3 is 4.74 Å². The average Bonchev–Trinajstić information content (AvgIpc) is 2.37. The van der Waals surface area contributed by atoms with Crippen LogP contribution in [0.3, 0.4) is 0 Å². The zero-order valence-electron chi connectivity index (χ0n) is 10.4. The van der Waals surface area contributed by atoms with Crippen LogP contribution < -0.4 is 0 Å². The van der Waals surface area contributed by atoms with Gasteiger partial charge in [-0.2, -0.15) is 0 Å². The molecule has 0 spiro atoms. The van der Waals surface area contributed by atoms with Gasteiger partial charge >= 0.3 is 5.97 Å². The molecule has 0 bridgehead atoms. The fourth-order valence-electron chi connectivity index (χ4n) is 2.15. The van der Waals surface area contributed by atoms with Crippen molar-refractivity contribution in [3.63, 3.8) is 0 Å². The van der Waals surface area contributed by atoms with E-state index in [-0.39, 0.29) is 5.97 Å². The number of esters is 1. The molecule has 0 saturated heterocycles. The number of hydrogen-bond donors (Lipinski definition) is 0. The normalized spacial score (nSPS) is 15.2. The molecule has 1 aromatic carbocycles. The second kappa shape index (κ2) is 6.34. The van der Waals surface area contributed by atoms with E-state index in [1.807, 2.05) is 18.2 Å². The van der Waals surface area contributed by atoms with Gasteiger partial charge in [-0.1, -0.05) is 18.2 Å². The highest BCUT2D eigenvalue weighted by Gasteiger charge is 2.25. The fourth-order valence-corrected chi connectivity index (χ4v) is 2.15.